The van der Waals surface area contributed by atoms with Crippen LogP contribution in [0.3, 0.4) is 0 Å². The summed E-state index contributed by atoms with van der Waals surface area (Å²) in [6, 6.07) is 7.35. The summed E-state index contributed by atoms with van der Waals surface area (Å²) >= 11 is 0. The number of anilines is 1. The number of carbonyl (C=O) groups excluding carboxylic acids is 2. The van der Waals surface area contributed by atoms with Crippen LogP contribution in [0.2, 0.25) is 0 Å². The predicted octanol–water partition coefficient (Wildman–Crippen LogP) is 2.77. The summed E-state index contributed by atoms with van der Waals surface area (Å²) in [6.45, 7) is 8.63. The van der Waals surface area contributed by atoms with Gasteiger partial charge < -0.3 is 15.5 Å². The normalized spacial score (nSPS) is 18.5. The molecule has 0 spiro atoms. The van der Waals surface area contributed by atoms with Crippen molar-refractivity contribution in [2.75, 3.05) is 11.9 Å². The van der Waals surface area contributed by atoms with Gasteiger partial charge in [-0.15, -0.1) is 0 Å². The van der Waals surface area contributed by atoms with Crippen molar-refractivity contribution >= 4 is 17.6 Å². The number of aryl methyl sites for hydroxylation is 1. The van der Waals surface area contributed by atoms with E-state index in [1.807, 2.05) is 49.9 Å². The molecule has 1 aliphatic rings. The zero-order valence-electron chi connectivity index (χ0n) is 13.8. The molecule has 0 bridgehead atoms. The molecule has 0 aliphatic carbocycles. The molecule has 1 aromatic rings. The Bertz CT molecular complexity index is 563. The molecule has 1 aliphatic heterocycles. The second-order valence-electron chi connectivity index (χ2n) is 6.69. The molecule has 2 rings (SSSR count). The van der Waals surface area contributed by atoms with Crippen molar-refractivity contribution in [2.45, 2.75) is 52.1 Å². The molecule has 0 aromatic heterocycles. The molecule has 1 heterocycles. The van der Waals surface area contributed by atoms with E-state index in [9.17, 15) is 9.59 Å². The van der Waals surface area contributed by atoms with Crippen molar-refractivity contribution in [2.24, 2.45) is 0 Å². The molecule has 1 saturated heterocycles. The van der Waals surface area contributed by atoms with E-state index in [4.69, 9.17) is 0 Å². The highest BCUT2D eigenvalue weighted by molar-refractivity contribution is 5.91. The van der Waals surface area contributed by atoms with Crippen LogP contribution < -0.4 is 10.6 Å². The first-order valence-corrected chi connectivity index (χ1v) is 7.77. The summed E-state index contributed by atoms with van der Waals surface area (Å²) in [7, 11) is 0. The number of nitrogens with zero attached hydrogens (tertiary/aromatic N) is 1. The topological polar surface area (TPSA) is 61.4 Å². The maximum atomic E-state index is 12.1. The van der Waals surface area contributed by atoms with Gasteiger partial charge in [-0.25, -0.2) is 4.79 Å². The lowest BCUT2D eigenvalue weighted by atomic mass is 10.1. The lowest BCUT2D eigenvalue weighted by molar-refractivity contribution is -0.131. The molecular weight excluding hydrogens is 278 g/mol. The minimum absolute atomic E-state index is 0.0896. The Hall–Kier alpha value is -2.04. The summed E-state index contributed by atoms with van der Waals surface area (Å²) in [5.41, 5.74) is 1.70. The van der Waals surface area contributed by atoms with Crippen LogP contribution in [0.4, 0.5) is 10.5 Å². The average molecular weight is 303 g/mol. The van der Waals surface area contributed by atoms with Crippen LogP contribution >= 0.6 is 0 Å². The van der Waals surface area contributed by atoms with Gasteiger partial charge in [0.15, 0.2) is 0 Å². The van der Waals surface area contributed by atoms with E-state index < -0.39 is 0 Å². The third-order valence-corrected chi connectivity index (χ3v) is 3.92. The van der Waals surface area contributed by atoms with E-state index in [2.05, 4.69) is 17.6 Å². The Morgan fingerprint density at radius 1 is 1.32 bits per heavy atom. The molecule has 5 heteroatoms. The smallest absolute Gasteiger partial charge is 0.319 e. The zero-order valence-corrected chi connectivity index (χ0v) is 13.8. The molecule has 1 atom stereocenters. The van der Waals surface area contributed by atoms with Gasteiger partial charge in [-0.05, 0) is 38.8 Å². The Kier molecular flexibility index (Phi) is 4.74. The summed E-state index contributed by atoms with van der Waals surface area (Å²) in [5.74, 6) is 0.0896. The number of hydrogen-bond acceptors (Lipinski definition) is 2. The van der Waals surface area contributed by atoms with Crippen LogP contribution in [-0.4, -0.2) is 35.0 Å². The standard InChI is InChI=1S/C17H25N3O2/c1-5-12-8-6-7-9-14(12)19-16(22)18-13-10-15(21)20(11-13)17(2,3)4/h6-9,13H,5,10-11H2,1-4H3,(H2,18,19,22). The van der Waals surface area contributed by atoms with Crippen molar-refractivity contribution in [1.29, 1.82) is 0 Å². The zero-order chi connectivity index (χ0) is 16.3. The third-order valence-electron chi connectivity index (χ3n) is 3.92. The molecule has 120 valence electrons. The van der Waals surface area contributed by atoms with Crippen LogP contribution in [0.25, 0.3) is 0 Å². The molecule has 22 heavy (non-hydrogen) atoms. The Labute approximate surface area is 132 Å². The maximum absolute atomic E-state index is 12.1. The Balaban J connectivity index is 1.95. The molecule has 1 unspecified atom stereocenters. The SMILES string of the molecule is CCc1ccccc1NC(=O)NC1CC(=O)N(C(C)(C)C)C1. The highest BCUT2D eigenvalue weighted by Gasteiger charge is 2.36. The number of urea groups is 1. The van der Waals surface area contributed by atoms with E-state index in [1.54, 1.807) is 0 Å². The molecule has 1 fully saturated rings. The van der Waals surface area contributed by atoms with Crippen molar-refractivity contribution in [3.8, 4) is 0 Å². The number of rotatable bonds is 3. The van der Waals surface area contributed by atoms with Gasteiger partial charge in [0.25, 0.3) is 0 Å². The van der Waals surface area contributed by atoms with Crippen LogP contribution in [0.15, 0.2) is 24.3 Å². The van der Waals surface area contributed by atoms with Gasteiger partial charge in [-0.1, -0.05) is 25.1 Å². The Morgan fingerprint density at radius 2 is 2.00 bits per heavy atom. The number of nitrogens with one attached hydrogen (secondary N) is 2. The highest BCUT2D eigenvalue weighted by atomic mass is 16.2. The monoisotopic (exact) mass is 303 g/mol. The van der Waals surface area contributed by atoms with Crippen molar-refractivity contribution in [1.82, 2.24) is 10.2 Å². The first kappa shape index (κ1) is 16.3. The summed E-state index contributed by atoms with van der Waals surface area (Å²) in [5, 5.41) is 5.78. The number of hydrogen-bond donors (Lipinski definition) is 2. The summed E-state index contributed by atoms with van der Waals surface area (Å²) in [4.78, 5) is 26.0. The lowest BCUT2D eigenvalue weighted by Gasteiger charge is -2.32. The lowest BCUT2D eigenvalue weighted by Crippen LogP contribution is -2.45. The molecule has 5 nitrogen and oxygen atoms in total. The van der Waals surface area contributed by atoms with E-state index in [0.717, 1.165) is 17.7 Å². The van der Waals surface area contributed by atoms with Crippen LogP contribution in [0, 0.1) is 0 Å². The number of amides is 3. The van der Waals surface area contributed by atoms with Gasteiger partial charge in [0, 0.05) is 24.2 Å². The molecule has 0 radical (unpaired) electrons. The van der Waals surface area contributed by atoms with Gasteiger partial charge in [-0.2, -0.15) is 0 Å². The molecule has 2 N–H and O–H groups in total. The van der Waals surface area contributed by atoms with Gasteiger partial charge >= 0.3 is 6.03 Å². The van der Waals surface area contributed by atoms with Crippen molar-refractivity contribution < 1.29 is 9.59 Å². The second-order valence-corrected chi connectivity index (χ2v) is 6.69. The fourth-order valence-corrected chi connectivity index (χ4v) is 2.75. The van der Waals surface area contributed by atoms with Gasteiger partial charge in [0.1, 0.15) is 0 Å². The van der Waals surface area contributed by atoms with E-state index >= 15 is 0 Å². The third kappa shape index (κ3) is 3.78. The summed E-state index contributed by atoms with van der Waals surface area (Å²) in [6.07, 6.45) is 1.22. The first-order valence-electron chi connectivity index (χ1n) is 7.77. The minimum atomic E-state index is -0.255. The highest BCUT2D eigenvalue weighted by Crippen LogP contribution is 2.22. The number of carbonyl (C=O) groups is 2. The number of likely N-dealkylation sites (tertiary alicyclic amines) is 1. The quantitative estimate of drug-likeness (QED) is 0.902. The second kappa shape index (κ2) is 6.38. The van der Waals surface area contributed by atoms with E-state index in [1.165, 1.54) is 0 Å². The molecule has 0 saturated carbocycles. The fourth-order valence-electron chi connectivity index (χ4n) is 2.75. The molecule has 1 aromatic carbocycles. The van der Waals surface area contributed by atoms with Gasteiger partial charge in [0.2, 0.25) is 5.91 Å². The predicted molar refractivity (Wildman–Crippen MR) is 87.8 cm³/mol. The van der Waals surface area contributed by atoms with Gasteiger partial charge in [-0.3, -0.25) is 4.79 Å². The fraction of sp³-hybridized carbons (Fsp3) is 0.529. The van der Waals surface area contributed by atoms with Crippen LogP contribution in [-0.2, 0) is 11.2 Å². The first-order chi connectivity index (χ1) is 10.3. The van der Waals surface area contributed by atoms with Crippen LogP contribution in [0.5, 0.6) is 0 Å². The molecule has 3 amide bonds. The van der Waals surface area contributed by atoms with E-state index in [0.29, 0.717) is 13.0 Å². The number of para-hydroxylation sites is 1. The van der Waals surface area contributed by atoms with E-state index in [-0.39, 0.29) is 23.5 Å². The van der Waals surface area contributed by atoms with Crippen molar-refractivity contribution in [3.05, 3.63) is 29.8 Å². The average Bonchev–Trinajstić information content (AvgIpc) is 2.80. The van der Waals surface area contributed by atoms with Crippen LogP contribution in [0.1, 0.15) is 39.7 Å². The molecular formula is C17H25N3O2. The summed E-state index contributed by atoms with van der Waals surface area (Å²) < 4.78 is 0. The van der Waals surface area contributed by atoms with Crippen molar-refractivity contribution in [3.63, 3.8) is 0 Å². The Morgan fingerprint density at radius 3 is 2.59 bits per heavy atom. The van der Waals surface area contributed by atoms with Gasteiger partial charge in [0.05, 0.1) is 6.04 Å². The maximum Gasteiger partial charge on any atom is 0.319 e. The largest absolute Gasteiger partial charge is 0.336 e. The number of benzene rings is 1. The minimum Gasteiger partial charge on any atom is -0.336 e.